The second-order valence-corrected chi connectivity index (χ2v) is 5.29. The van der Waals surface area contributed by atoms with Crippen LogP contribution in [0.2, 0.25) is 0 Å². The van der Waals surface area contributed by atoms with E-state index in [9.17, 15) is 4.79 Å². The van der Waals surface area contributed by atoms with Crippen LogP contribution in [0.25, 0.3) is 0 Å². The van der Waals surface area contributed by atoms with Crippen molar-refractivity contribution in [2.24, 2.45) is 5.73 Å². The van der Waals surface area contributed by atoms with E-state index in [-0.39, 0.29) is 11.5 Å². The maximum atomic E-state index is 11.6. The van der Waals surface area contributed by atoms with Gasteiger partial charge in [-0.25, -0.2) is 4.79 Å². The fourth-order valence-electron chi connectivity index (χ4n) is 2.40. The van der Waals surface area contributed by atoms with Crippen molar-refractivity contribution >= 4 is 17.3 Å². The SMILES string of the molecule is COC(=O)c1sccc1C1(N)CCCCC1. The quantitative estimate of drug-likeness (QED) is 0.807. The normalized spacial score (nSPS) is 19.4. The Morgan fingerprint density at radius 3 is 2.75 bits per heavy atom. The Hall–Kier alpha value is -0.870. The van der Waals surface area contributed by atoms with E-state index in [2.05, 4.69) is 0 Å². The lowest BCUT2D eigenvalue weighted by molar-refractivity contribution is 0.0602. The number of ether oxygens (including phenoxy) is 1. The summed E-state index contributed by atoms with van der Waals surface area (Å²) >= 11 is 1.42. The van der Waals surface area contributed by atoms with Gasteiger partial charge in [-0.15, -0.1) is 11.3 Å². The molecule has 1 fully saturated rings. The van der Waals surface area contributed by atoms with Crippen molar-refractivity contribution in [2.75, 3.05) is 7.11 Å². The van der Waals surface area contributed by atoms with E-state index in [0.717, 1.165) is 31.2 Å². The zero-order valence-electron chi connectivity index (χ0n) is 9.49. The first-order chi connectivity index (χ1) is 7.67. The number of rotatable bonds is 2. The molecule has 1 aromatic heterocycles. The van der Waals surface area contributed by atoms with Crippen molar-refractivity contribution in [3.05, 3.63) is 21.9 Å². The highest BCUT2D eigenvalue weighted by Gasteiger charge is 2.33. The molecule has 0 bridgehead atoms. The third-order valence-electron chi connectivity index (χ3n) is 3.32. The molecule has 0 aliphatic heterocycles. The Labute approximate surface area is 99.6 Å². The van der Waals surface area contributed by atoms with Crippen LogP contribution in [0.3, 0.4) is 0 Å². The van der Waals surface area contributed by atoms with Gasteiger partial charge < -0.3 is 10.5 Å². The molecule has 0 saturated heterocycles. The van der Waals surface area contributed by atoms with Crippen molar-refractivity contribution in [3.63, 3.8) is 0 Å². The molecule has 1 aliphatic rings. The molecule has 0 atom stereocenters. The molecule has 0 radical (unpaired) electrons. The number of carbonyl (C=O) groups is 1. The zero-order chi connectivity index (χ0) is 11.6. The molecule has 0 amide bonds. The van der Waals surface area contributed by atoms with Gasteiger partial charge in [0.1, 0.15) is 4.88 Å². The second-order valence-electron chi connectivity index (χ2n) is 4.37. The molecular weight excluding hydrogens is 222 g/mol. The van der Waals surface area contributed by atoms with Gasteiger partial charge in [-0.1, -0.05) is 19.3 Å². The molecule has 0 unspecified atom stereocenters. The number of carbonyl (C=O) groups excluding carboxylic acids is 1. The fourth-order valence-corrected chi connectivity index (χ4v) is 3.32. The van der Waals surface area contributed by atoms with Crippen LogP contribution in [0.15, 0.2) is 11.4 Å². The summed E-state index contributed by atoms with van der Waals surface area (Å²) in [5, 5.41) is 1.92. The van der Waals surface area contributed by atoms with E-state index in [1.165, 1.54) is 24.9 Å². The van der Waals surface area contributed by atoms with Crippen LogP contribution in [-0.2, 0) is 10.3 Å². The Kier molecular flexibility index (Phi) is 3.30. The Morgan fingerprint density at radius 1 is 1.44 bits per heavy atom. The molecular formula is C12H17NO2S. The van der Waals surface area contributed by atoms with Crippen molar-refractivity contribution < 1.29 is 9.53 Å². The fraction of sp³-hybridized carbons (Fsp3) is 0.583. The van der Waals surface area contributed by atoms with Crippen molar-refractivity contribution in [1.29, 1.82) is 0 Å². The molecule has 1 saturated carbocycles. The van der Waals surface area contributed by atoms with Gasteiger partial charge in [0.2, 0.25) is 0 Å². The number of hydrogen-bond donors (Lipinski definition) is 1. The smallest absolute Gasteiger partial charge is 0.348 e. The molecule has 0 spiro atoms. The second kappa shape index (κ2) is 4.55. The molecule has 1 aromatic rings. The molecule has 1 aliphatic carbocycles. The maximum Gasteiger partial charge on any atom is 0.348 e. The van der Waals surface area contributed by atoms with E-state index in [1.807, 2.05) is 11.4 Å². The van der Waals surface area contributed by atoms with Gasteiger partial charge >= 0.3 is 5.97 Å². The molecule has 4 heteroatoms. The molecule has 88 valence electrons. The summed E-state index contributed by atoms with van der Waals surface area (Å²) in [5.41, 5.74) is 7.08. The summed E-state index contributed by atoms with van der Waals surface area (Å²) in [7, 11) is 1.41. The van der Waals surface area contributed by atoms with Crippen LogP contribution in [0.4, 0.5) is 0 Å². The molecule has 16 heavy (non-hydrogen) atoms. The standard InChI is InChI=1S/C12H17NO2S/c1-15-11(14)10-9(5-8-16-10)12(13)6-3-2-4-7-12/h5,8H,2-4,6-7,13H2,1H3. The van der Waals surface area contributed by atoms with E-state index < -0.39 is 0 Å². The minimum absolute atomic E-state index is 0.264. The lowest BCUT2D eigenvalue weighted by atomic mass is 9.77. The highest BCUT2D eigenvalue weighted by Crippen LogP contribution is 2.38. The Morgan fingerprint density at radius 2 is 2.12 bits per heavy atom. The highest BCUT2D eigenvalue weighted by atomic mass is 32.1. The van der Waals surface area contributed by atoms with E-state index in [1.54, 1.807) is 0 Å². The summed E-state index contributed by atoms with van der Waals surface area (Å²) in [5.74, 6) is -0.264. The third-order valence-corrected chi connectivity index (χ3v) is 4.21. The average Bonchev–Trinajstić information content (AvgIpc) is 2.78. The molecule has 3 nitrogen and oxygen atoms in total. The first-order valence-electron chi connectivity index (χ1n) is 5.62. The molecule has 2 N–H and O–H groups in total. The van der Waals surface area contributed by atoms with Gasteiger partial charge in [0.15, 0.2) is 0 Å². The number of esters is 1. The summed E-state index contributed by atoms with van der Waals surface area (Å²) in [4.78, 5) is 12.3. The van der Waals surface area contributed by atoms with E-state index >= 15 is 0 Å². The predicted octanol–water partition coefficient (Wildman–Crippen LogP) is 2.65. The molecule has 2 rings (SSSR count). The monoisotopic (exact) mass is 239 g/mol. The molecule has 1 heterocycles. The largest absolute Gasteiger partial charge is 0.465 e. The zero-order valence-corrected chi connectivity index (χ0v) is 10.3. The van der Waals surface area contributed by atoms with Gasteiger partial charge in [0.25, 0.3) is 0 Å². The van der Waals surface area contributed by atoms with E-state index in [0.29, 0.717) is 4.88 Å². The molecule has 0 aromatic carbocycles. The minimum atomic E-state index is -0.318. The third kappa shape index (κ3) is 1.99. The van der Waals surface area contributed by atoms with Crippen LogP contribution in [-0.4, -0.2) is 13.1 Å². The van der Waals surface area contributed by atoms with E-state index in [4.69, 9.17) is 10.5 Å². The van der Waals surface area contributed by atoms with Crippen LogP contribution in [0.1, 0.15) is 47.3 Å². The Bertz CT molecular complexity index is 380. The number of hydrogen-bond acceptors (Lipinski definition) is 4. The van der Waals surface area contributed by atoms with Crippen molar-refractivity contribution in [3.8, 4) is 0 Å². The van der Waals surface area contributed by atoms with Crippen LogP contribution >= 0.6 is 11.3 Å². The van der Waals surface area contributed by atoms with Crippen molar-refractivity contribution in [1.82, 2.24) is 0 Å². The number of thiophene rings is 1. The van der Waals surface area contributed by atoms with Gasteiger partial charge in [0.05, 0.1) is 7.11 Å². The van der Waals surface area contributed by atoms with Crippen LogP contribution < -0.4 is 5.73 Å². The highest BCUT2D eigenvalue weighted by molar-refractivity contribution is 7.12. The lowest BCUT2D eigenvalue weighted by Crippen LogP contribution is -2.39. The summed E-state index contributed by atoms with van der Waals surface area (Å²) < 4.78 is 4.79. The lowest BCUT2D eigenvalue weighted by Gasteiger charge is -2.33. The first kappa shape index (κ1) is 11.6. The number of nitrogens with two attached hydrogens (primary N) is 1. The van der Waals surface area contributed by atoms with Crippen molar-refractivity contribution in [2.45, 2.75) is 37.6 Å². The van der Waals surface area contributed by atoms with Gasteiger partial charge in [-0.2, -0.15) is 0 Å². The maximum absolute atomic E-state index is 11.6. The minimum Gasteiger partial charge on any atom is -0.465 e. The van der Waals surface area contributed by atoms with Gasteiger partial charge in [-0.05, 0) is 29.9 Å². The predicted molar refractivity (Wildman–Crippen MR) is 64.6 cm³/mol. The van der Waals surface area contributed by atoms with Gasteiger partial charge in [-0.3, -0.25) is 0 Å². The first-order valence-corrected chi connectivity index (χ1v) is 6.50. The van der Waals surface area contributed by atoms with Gasteiger partial charge in [0, 0.05) is 5.54 Å². The summed E-state index contributed by atoms with van der Waals surface area (Å²) in [6, 6.07) is 1.97. The summed E-state index contributed by atoms with van der Waals surface area (Å²) in [6.07, 6.45) is 5.47. The summed E-state index contributed by atoms with van der Waals surface area (Å²) in [6.45, 7) is 0. The average molecular weight is 239 g/mol. The number of methoxy groups -OCH3 is 1. The van der Waals surface area contributed by atoms with Crippen LogP contribution in [0.5, 0.6) is 0 Å². The van der Waals surface area contributed by atoms with Crippen LogP contribution in [0, 0.1) is 0 Å². The Balaban J connectivity index is 2.32. The topological polar surface area (TPSA) is 52.3 Å².